The van der Waals surface area contributed by atoms with E-state index in [1.807, 2.05) is 61.3 Å². The van der Waals surface area contributed by atoms with Gasteiger partial charge in [-0.05, 0) is 38.1 Å². The highest BCUT2D eigenvalue weighted by Crippen LogP contribution is 2.35. The summed E-state index contributed by atoms with van der Waals surface area (Å²) in [7, 11) is 3.52. The summed E-state index contributed by atoms with van der Waals surface area (Å²) in [5.74, 6) is -0.739. The first-order valence-corrected chi connectivity index (χ1v) is 9.44. The molecule has 0 aromatic heterocycles. The Morgan fingerprint density at radius 2 is 1.79 bits per heavy atom. The van der Waals surface area contributed by atoms with E-state index in [4.69, 9.17) is 4.74 Å². The van der Waals surface area contributed by atoms with Crippen LogP contribution < -0.4 is 9.91 Å². The first-order chi connectivity index (χ1) is 13.9. The van der Waals surface area contributed by atoms with Gasteiger partial charge < -0.3 is 9.64 Å². The summed E-state index contributed by atoms with van der Waals surface area (Å²) in [4.78, 5) is 27.8. The van der Waals surface area contributed by atoms with E-state index in [0.717, 1.165) is 16.9 Å². The van der Waals surface area contributed by atoms with E-state index in [2.05, 4.69) is 5.10 Å². The van der Waals surface area contributed by atoms with Crippen molar-refractivity contribution in [1.82, 2.24) is 10.0 Å². The zero-order valence-electron chi connectivity index (χ0n) is 16.9. The average molecular weight is 393 g/mol. The molecule has 0 unspecified atom stereocenters. The summed E-state index contributed by atoms with van der Waals surface area (Å²) in [6.07, 6.45) is -0.547. The number of hydrazine groups is 1. The van der Waals surface area contributed by atoms with Crippen LogP contribution in [0.4, 0.5) is 11.4 Å². The normalized spacial score (nSPS) is 18.3. The molecular formula is C21H23N5O3. The number of benzene rings is 2. The molecular weight excluding hydrogens is 370 g/mol. The Morgan fingerprint density at radius 1 is 1.10 bits per heavy atom. The van der Waals surface area contributed by atoms with E-state index in [-0.39, 0.29) is 18.3 Å². The Labute approximate surface area is 169 Å². The molecule has 1 atom stereocenters. The summed E-state index contributed by atoms with van der Waals surface area (Å²) in [6, 6.07) is 15.2. The average Bonchev–Trinajstić information content (AvgIpc) is 3.10. The maximum Gasteiger partial charge on any atom is 0.377 e. The fourth-order valence-corrected chi connectivity index (χ4v) is 3.61. The number of hydrogen-bond donors (Lipinski definition) is 0. The molecule has 0 bridgehead atoms. The fourth-order valence-electron chi connectivity index (χ4n) is 3.61. The molecule has 0 aliphatic carbocycles. The number of hydrazone groups is 1. The molecule has 2 aliphatic heterocycles. The largest absolute Gasteiger partial charge is 0.460 e. The van der Waals surface area contributed by atoms with Gasteiger partial charge in [0.05, 0.1) is 23.5 Å². The maximum absolute atomic E-state index is 13.2. The van der Waals surface area contributed by atoms with Crippen LogP contribution in [-0.2, 0) is 9.53 Å². The fraction of sp³-hybridized carbons (Fsp3) is 0.286. The third-order valence-electron chi connectivity index (χ3n) is 5.09. The lowest BCUT2D eigenvalue weighted by Crippen LogP contribution is -2.59. The minimum Gasteiger partial charge on any atom is -0.460 e. The van der Waals surface area contributed by atoms with Gasteiger partial charge in [-0.15, -0.1) is 5.10 Å². The lowest BCUT2D eigenvalue weighted by atomic mass is 10.1. The van der Waals surface area contributed by atoms with Crippen LogP contribution >= 0.6 is 0 Å². The van der Waals surface area contributed by atoms with Gasteiger partial charge in [0.15, 0.2) is 0 Å². The monoisotopic (exact) mass is 393 g/mol. The molecule has 2 aliphatic rings. The van der Waals surface area contributed by atoms with Crippen molar-refractivity contribution in [3.8, 4) is 0 Å². The standard InChI is InChI=1S/C21H23N5O3/c1-5-29-20(28)18-22-25(15-12-10-14(2)11-13-15)21-23(3)17-9-7-6-8-16(17)19(27)24(4)26(18)21/h6-13,21H,5H2,1-4H3/t21-/m0/s1. The van der Waals surface area contributed by atoms with E-state index in [1.54, 1.807) is 30.1 Å². The van der Waals surface area contributed by atoms with Crippen molar-refractivity contribution in [2.75, 3.05) is 30.6 Å². The van der Waals surface area contributed by atoms with E-state index >= 15 is 0 Å². The molecule has 0 saturated heterocycles. The predicted octanol–water partition coefficient (Wildman–Crippen LogP) is 2.41. The van der Waals surface area contributed by atoms with Crippen LogP contribution in [0.2, 0.25) is 0 Å². The molecule has 8 nitrogen and oxygen atoms in total. The zero-order valence-corrected chi connectivity index (χ0v) is 16.9. The van der Waals surface area contributed by atoms with Crippen LogP contribution in [0, 0.1) is 6.92 Å². The third-order valence-corrected chi connectivity index (χ3v) is 5.09. The van der Waals surface area contributed by atoms with Crippen molar-refractivity contribution in [3.63, 3.8) is 0 Å². The van der Waals surface area contributed by atoms with Gasteiger partial charge in [-0.1, -0.05) is 29.8 Å². The Hall–Kier alpha value is -3.55. The minimum absolute atomic E-state index is 0.0629. The number of carbonyl (C=O) groups excluding carboxylic acids is 2. The van der Waals surface area contributed by atoms with E-state index < -0.39 is 12.3 Å². The number of carbonyl (C=O) groups is 2. The third kappa shape index (κ3) is 2.97. The highest BCUT2D eigenvalue weighted by atomic mass is 16.5. The highest BCUT2D eigenvalue weighted by Gasteiger charge is 2.48. The predicted molar refractivity (Wildman–Crippen MR) is 110 cm³/mol. The number of fused-ring (bicyclic) bond motifs is 2. The van der Waals surface area contributed by atoms with Crippen LogP contribution in [0.15, 0.2) is 53.6 Å². The quantitative estimate of drug-likeness (QED) is 0.746. The Bertz CT molecular complexity index is 988. The van der Waals surface area contributed by atoms with Gasteiger partial charge >= 0.3 is 5.97 Å². The molecule has 150 valence electrons. The molecule has 0 saturated carbocycles. The molecule has 4 rings (SSSR count). The summed E-state index contributed by atoms with van der Waals surface area (Å²) < 4.78 is 5.22. The number of nitrogens with zero attached hydrogens (tertiary/aromatic N) is 5. The van der Waals surface area contributed by atoms with Crippen LogP contribution in [0.1, 0.15) is 22.8 Å². The first-order valence-electron chi connectivity index (χ1n) is 9.44. The topological polar surface area (TPSA) is 68.7 Å². The number of amides is 1. The first kappa shape index (κ1) is 18.8. The van der Waals surface area contributed by atoms with E-state index in [0.29, 0.717) is 5.56 Å². The summed E-state index contributed by atoms with van der Waals surface area (Å²) in [5.41, 5.74) is 3.23. The Balaban J connectivity index is 1.88. The van der Waals surface area contributed by atoms with Gasteiger partial charge in [0, 0.05) is 14.1 Å². The molecule has 29 heavy (non-hydrogen) atoms. The number of amidine groups is 1. The molecule has 0 N–H and O–H groups in total. The SMILES string of the molecule is CCOC(=O)C1=NN(c2ccc(C)cc2)[C@@H]2N(C)c3ccccc3C(=O)N(C)N12. The molecule has 0 radical (unpaired) electrons. The number of hydrogen-bond acceptors (Lipinski definition) is 7. The molecule has 2 aromatic carbocycles. The zero-order chi connectivity index (χ0) is 20.7. The Kier molecular flexibility index (Phi) is 4.62. The summed E-state index contributed by atoms with van der Waals surface area (Å²) in [5, 5.41) is 9.31. The second-order valence-corrected chi connectivity index (χ2v) is 6.97. The van der Waals surface area contributed by atoms with Crippen molar-refractivity contribution in [1.29, 1.82) is 0 Å². The summed E-state index contributed by atoms with van der Waals surface area (Å²) >= 11 is 0. The van der Waals surface area contributed by atoms with Crippen molar-refractivity contribution in [3.05, 3.63) is 59.7 Å². The Morgan fingerprint density at radius 3 is 2.48 bits per heavy atom. The molecule has 1 amide bonds. The van der Waals surface area contributed by atoms with Crippen molar-refractivity contribution >= 4 is 29.1 Å². The number of para-hydroxylation sites is 1. The van der Waals surface area contributed by atoms with Gasteiger partial charge in [0.1, 0.15) is 0 Å². The number of aryl methyl sites for hydroxylation is 1. The molecule has 2 aromatic rings. The van der Waals surface area contributed by atoms with Crippen molar-refractivity contribution < 1.29 is 14.3 Å². The maximum atomic E-state index is 13.2. The number of esters is 1. The highest BCUT2D eigenvalue weighted by molar-refractivity contribution is 6.36. The smallest absolute Gasteiger partial charge is 0.377 e. The molecule has 8 heteroatoms. The van der Waals surface area contributed by atoms with E-state index in [1.165, 1.54) is 5.01 Å². The van der Waals surface area contributed by atoms with Crippen molar-refractivity contribution in [2.24, 2.45) is 5.10 Å². The van der Waals surface area contributed by atoms with Crippen LogP contribution in [0.25, 0.3) is 0 Å². The van der Waals surface area contributed by atoms with Gasteiger partial charge in [0.2, 0.25) is 6.29 Å². The minimum atomic E-state index is -0.578. The summed E-state index contributed by atoms with van der Waals surface area (Å²) in [6.45, 7) is 3.96. The van der Waals surface area contributed by atoms with Crippen LogP contribution in [0.3, 0.4) is 0 Å². The van der Waals surface area contributed by atoms with Crippen LogP contribution in [-0.4, -0.2) is 54.7 Å². The lowest BCUT2D eigenvalue weighted by Gasteiger charge is -2.39. The number of anilines is 2. The van der Waals surface area contributed by atoms with E-state index in [9.17, 15) is 9.59 Å². The van der Waals surface area contributed by atoms with Gasteiger partial charge in [-0.3, -0.25) is 4.79 Å². The second kappa shape index (κ2) is 7.12. The van der Waals surface area contributed by atoms with Crippen LogP contribution in [0.5, 0.6) is 0 Å². The van der Waals surface area contributed by atoms with Gasteiger partial charge in [0.25, 0.3) is 11.7 Å². The molecule has 0 spiro atoms. The lowest BCUT2D eigenvalue weighted by molar-refractivity contribution is -0.136. The number of ether oxygens (including phenoxy) is 1. The van der Waals surface area contributed by atoms with Gasteiger partial charge in [-0.2, -0.15) is 0 Å². The van der Waals surface area contributed by atoms with Gasteiger partial charge in [-0.25, -0.2) is 19.8 Å². The second-order valence-electron chi connectivity index (χ2n) is 6.97. The molecule has 0 fully saturated rings. The molecule has 2 heterocycles. The van der Waals surface area contributed by atoms with Crippen molar-refractivity contribution in [2.45, 2.75) is 20.1 Å². The number of rotatable bonds is 3.